The zero-order valence-corrected chi connectivity index (χ0v) is 20.0. The number of H-pyrrole nitrogens is 1. The first-order chi connectivity index (χ1) is 16.3. The first-order valence-corrected chi connectivity index (χ1v) is 12.7. The number of rotatable bonds is 3. The number of aromatic nitrogens is 2. The standard InChI is InChI=1S/C19H20N4.C7H8O3S/c1-22-10-15-11-23(12-19(15)22)16-3-5-18(21-9-16)13-2-4-17-14(8-13)6-7-20-17;1-6-2-4-7(5-3-6)11(8,9)10/h2-9,15,19-20H,10-12H2,1H3;2-5H,1H3,(H,8,9,10). The van der Waals surface area contributed by atoms with Crippen molar-refractivity contribution in [2.75, 3.05) is 31.6 Å². The van der Waals surface area contributed by atoms with Crippen LogP contribution in [0.15, 0.2) is 78.0 Å². The van der Waals surface area contributed by atoms with E-state index in [9.17, 15) is 8.42 Å². The third kappa shape index (κ3) is 4.57. The van der Waals surface area contributed by atoms with Gasteiger partial charge in [0.15, 0.2) is 0 Å². The topological polar surface area (TPSA) is 89.5 Å². The smallest absolute Gasteiger partial charge is 0.294 e. The van der Waals surface area contributed by atoms with Crippen LogP contribution in [0.25, 0.3) is 22.2 Å². The summed E-state index contributed by atoms with van der Waals surface area (Å²) in [6.07, 6.45) is 4.01. The van der Waals surface area contributed by atoms with Gasteiger partial charge >= 0.3 is 0 Å². The molecule has 8 heteroatoms. The van der Waals surface area contributed by atoms with Crippen molar-refractivity contribution in [1.29, 1.82) is 0 Å². The third-order valence-electron chi connectivity index (χ3n) is 6.78. The van der Waals surface area contributed by atoms with Gasteiger partial charge in [-0.15, -0.1) is 0 Å². The van der Waals surface area contributed by atoms with Crippen molar-refractivity contribution in [2.24, 2.45) is 5.92 Å². The maximum absolute atomic E-state index is 10.5. The summed E-state index contributed by atoms with van der Waals surface area (Å²) in [5, 5.41) is 1.23. The van der Waals surface area contributed by atoms with Crippen LogP contribution in [-0.4, -0.2) is 60.6 Å². The zero-order valence-electron chi connectivity index (χ0n) is 19.2. The average molecular weight is 477 g/mol. The molecule has 2 fully saturated rings. The molecule has 0 aliphatic carbocycles. The number of aryl methyl sites for hydroxylation is 1. The summed E-state index contributed by atoms with van der Waals surface area (Å²) in [7, 11) is -1.79. The highest BCUT2D eigenvalue weighted by molar-refractivity contribution is 7.85. The number of fused-ring (bicyclic) bond motifs is 2. The lowest BCUT2D eigenvalue weighted by Gasteiger charge is -2.40. The minimum Gasteiger partial charge on any atom is -0.368 e. The molecule has 6 rings (SSSR count). The quantitative estimate of drug-likeness (QED) is 0.431. The van der Waals surface area contributed by atoms with Crippen LogP contribution in [0.4, 0.5) is 5.69 Å². The zero-order chi connectivity index (χ0) is 23.9. The highest BCUT2D eigenvalue weighted by atomic mass is 32.2. The van der Waals surface area contributed by atoms with E-state index in [0.717, 1.165) is 29.8 Å². The van der Waals surface area contributed by atoms with Crippen LogP contribution in [0.5, 0.6) is 0 Å². The largest absolute Gasteiger partial charge is 0.368 e. The molecule has 7 nitrogen and oxygen atoms in total. The number of nitrogens with one attached hydrogen (secondary N) is 1. The van der Waals surface area contributed by atoms with Crippen molar-refractivity contribution >= 4 is 26.7 Å². The Kier molecular flexibility index (Phi) is 5.89. The summed E-state index contributed by atoms with van der Waals surface area (Å²) in [5.74, 6) is 0.843. The van der Waals surface area contributed by atoms with Crippen LogP contribution in [0.3, 0.4) is 0 Å². The van der Waals surface area contributed by atoms with Crippen molar-refractivity contribution in [3.63, 3.8) is 0 Å². The van der Waals surface area contributed by atoms with Crippen LogP contribution >= 0.6 is 0 Å². The monoisotopic (exact) mass is 476 g/mol. The van der Waals surface area contributed by atoms with Crippen LogP contribution in [0, 0.1) is 12.8 Å². The number of anilines is 1. The van der Waals surface area contributed by atoms with E-state index in [0.29, 0.717) is 0 Å². The number of benzene rings is 2. The van der Waals surface area contributed by atoms with Crippen molar-refractivity contribution < 1.29 is 13.0 Å². The van der Waals surface area contributed by atoms with E-state index < -0.39 is 10.1 Å². The van der Waals surface area contributed by atoms with Gasteiger partial charge in [-0.3, -0.25) is 9.54 Å². The van der Waals surface area contributed by atoms with Crippen LogP contribution in [-0.2, 0) is 10.1 Å². The van der Waals surface area contributed by atoms with Gasteiger partial charge in [0.25, 0.3) is 10.1 Å². The summed E-state index contributed by atoms with van der Waals surface area (Å²) >= 11 is 0. The van der Waals surface area contributed by atoms with Crippen molar-refractivity contribution in [3.8, 4) is 11.3 Å². The predicted octanol–water partition coefficient (Wildman–Crippen LogP) is 4.22. The first kappa shape index (κ1) is 22.6. The SMILES string of the molecule is CN1CC2CN(c3ccc(-c4ccc5[nH]ccc5c4)nc3)CC21.Cc1ccc(S(=O)(=O)O)cc1. The molecule has 4 aromatic rings. The molecule has 2 unspecified atom stereocenters. The van der Waals surface area contributed by atoms with Gasteiger partial charge in [0.2, 0.25) is 0 Å². The van der Waals surface area contributed by atoms with Gasteiger partial charge in [0, 0.05) is 54.3 Å². The molecule has 0 saturated carbocycles. The predicted molar refractivity (Wildman–Crippen MR) is 135 cm³/mol. The van der Waals surface area contributed by atoms with Gasteiger partial charge in [-0.25, -0.2) is 0 Å². The molecule has 2 saturated heterocycles. The molecule has 0 radical (unpaired) electrons. The van der Waals surface area contributed by atoms with E-state index >= 15 is 0 Å². The van der Waals surface area contributed by atoms with Gasteiger partial charge in [-0.05, 0) is 56.4 Å². The van der Waals surface area contributed by atoms with E-state index in [1.54, 1.807) is 12.1 Å². The lowest BCUT2D eigenvalue weighted by molar-refractivity contribution is 0.0827. The Balaban J connectivity index is 0.000000186. The van der Waals surface area contributed by atoms with E-state index in [-0.39, 0.29) is 4.90 Å². The number of hydrogen-bond donors (Lipinski definition) is 2. The van der Waals surface area contributed by atoms with Gasteiger partial charge < -0.3 is 14.8 Å². The summed E-state index contributed by atoms with van der Waals surface area (Å²) < 4.78 is 29.6. The third-order valence-corrected chi connectivity index (χ3v) is 7.64. The van der Waals surface area contributed by atoms with Crippen LogP contribution < -0.4 is 4.90 Å². The molecule has 2 aliphatic heterocycles. The molecule has 2 N–H and O–H groups in total. The van der Waals surface area contributed by atoms with Crippen LogP contribution in [0.1, 0.15) is 5.56 Å². The molecule has 34 heavy (non-hydrogen) atoms. The Morgan fingerprint density at radius 1 is 1.00 bits per heavy atom. The van der Waals surface area contributed by atoms with Crippen molar-refractivity contribution in [3.05, 3.63) is 78.6 Å². The molecule has 0 amide bonds. The van der Waals surface area contributed by atoms with Gasteiger partial charge in [0.1, 0.15) is 0 Å². The average Bonchev–Trinajstić information content (AvgIpc) is 3.43. The molecule has 2 aromatic heterocycles. The normalized spacial score (nSPS) is 19.9. The first-order valence-electron chi connectivity index (χ1n) is 11.3. The molecular weight excluding hydrogens is 448 g/mol. The Labute approximate surface area is 199 Å². The fourth-order valence-electron chi connectivity index (χ4n) is 4.78. The van der Waals surface area contributed by atoms with E-state index in [1.165, 1.54) is 47.4 Å². The van der Waals surface area contributed by atoms with Crippen molar-refractivity contribution in [2.45, 2.75) is 17.9 Å². The number of aromatic amines is 1. The Morgan fingerprint density at radius 3 is 2.44 bits per heavy atom. The number of likely N-dealkylation sites (N-methyl/N-ethyl adjacent to an activating group) is 1. The summed E-state index contributed by atoms with van der Waals surface area (Å²) in [6.45, 7) is 5.39. The molecule has 0 spiro atoms. The van der Waals surface area contributed by atoms with Gasteiger partial charge in [-0.2, -0.15) is 8.42 Å². The molecule has 0 bridgehead atoms. The second kappa shape index (κ2) is 8.87. The molecule has 2 atom stereocenters. The molecule has 4 heterocycles. The Hall–Kier alpha value is -3.20. The maximum atomic E-state index is 10.5. The molecule has 176 valence electrons. The van der Waals surface area contributed by atoms with E-state index in [2.05, 4.69) is 58.2 Å². The second-order valence-electron chi connectivity index (χ2n) is 9.14. The highest BCUT2D eigenvalue weighted by Crippen LogP contribution is 2.34. The fraction of sp³-hybridized carbons (Fsp3) is 0.269. The molecule has 2 aromatic carbocycles. The van der Waals surface area contributed by atoms with Gasteiger partial charge in [0.05, 0.1) is 22.5 Å². The Morgan fingerprint density at radius 2 is 1.79 bits per heavy atom. The van der Waals surface area contributed by atoms with Crippen LogP contribution in [0.2, 0.25) is 0 Å². The minimum absolute atomic E-state index is 0.0666. The summed E-state index contributed by atoms with van der Waals surface area (Å²) in [5.41, 5.74) is 5.58. The van der Waals surface area contributed by atoms with Gasteiger partial charge in [-0.1, -0.05) is 23.8 Å². The minimum atomic E-state index is -4.02. The lowest BCUT2D eigenvalue weighted by Crippen LogP contribution is -2.52. The number of pyridine rings is 1. The van der Waals surface area contributed by atoms with E-state index in [4.69, 9.17) is 9.54 Å². The molecule has 2 aliphatic rings. The van der Waals surface area contributed by atoms with Crippen molar-refractivity contribution in [1.82, 2.24) is 14.9 Å². The number of likely N-dealkylation sites (tertiary alicyclic amines) is 1. The molecular formula is C26H28N4O3S. The Bertz CT molecular complexity index is 1400. The lowest BCUT2D eigenvalue weighted by atomic mass is 9.93. The second-order valence-corrected chi connectivity index (χ2v) is 10.6. The maximum Gasteiger partial charge on any atom is 0.294 e. The number of nitrogens with zero attached hydrogens (tertiary/aromatic N) is 3. The summed E-state index contributed by atoms with van der Waals surface area (Å²) in [6, 6.07) is 19.6. The fourth-order valence-corrected chi connectivity index (χ4v) is 5.26. The highest BCUT2D eigenvalue weighted by Gasteiger charge is 2.43. The summed E-state index contributed by atoms with van der Waals surface area (Å²) in [4.78, 5) is 12.8. The van der Waals surface area contributed by atoms with E-state index in [1.807, 2.05) is 19.3 Å². The number of hydrogen-bond acceptors (Lipinski definition) is 5.